The van der Waals surface area contributed by atoms with Crippen LogP contribution in [0.4, 0.5) is 0 Å². The van der Waals surface area contributed by atoms with Gasteiger partial charge >= 0.3 is 0 Å². The number of amides is 1. The van der Waals surface area contributed by atoms with E-state index in [0.717, 1.165) is 31.3 Å². The first-order valence-corrected chi connectivity index (χ1v) is 9.26. The van der Waals surface area contributed by atoms with Crippen molar-refractivity contribution in [2.75, 3.05) is 7.11 Å². The van der Waals surface area contributed by atoms with Gasteiger partial charge < -0.3 is 15.2 Å². The smallest absolute Gasteiger partial charge is 0.252 e. The van der Waals surface area contributed by atoms with Gasteiger partial charge in [0.2, 0.25) is 0 Å². The maximum Gasteiger partial charge on any atom is 0.252 e. The van der Waals surface area contributed by atoms with Crippen LogP contribution in [0.25, 0.3) is 5.57 Å². The molecule has 5 heteroatoms. The number of aliphatic hydroxyl groups is 1. The van der Waals surface area contributed by atoms with E-state index in [0.29, 0.717) is 33.4 Å². The standard InChI is InChI=1S/C20H26ClNO3/c1-11-5-7-20(8-6-11)12(2)17(19(24)22-20)18-15(13(3)23)9-14(21)10-16(18)25-4/h9-11,13,23H,5-8H2,1-4H3,(H,22,24). The lowest BCUT2D eigenvalue weighted by molar-refractivity contribution is -0.116. The highest BCUT2D eigenvalue weighted by Gasteiger charge is 2.45. The number of nitrogens with one attached hydrogen (secondary N) is 1. The quantitative estimate of drug-likeness (QED) is 0.843. The SMILES string of the molecule is COc1cc(Cl)cc(C(C)O)c1C1=C(C)C2(CCC(C)CC2)NC1=O. The van der Waals surface area contributed by atoms with Crippen LogP contribution in [-0.4, -0.2) is 23.7 Å². The molecule has 2 N–H and O–H groups in total. The molecule has 25 heavy (non-hydrogen) atoms. The number of carbonyl (C=O) groups excluding carboxylic acids is 1. The Morgan fingerprint density at radius 1 is 1.36 bits per heavy atom. The minimum Gasteiger partial charge on any atom is -0.496 e. The van der Waals surface area contributed by atoms with Crippen LogP contribution in [-0.2, 0) is 4.79 Å². The highest BCUT2D eigenvalue weighted by Crippen LogP contribution is 2.47. The van der Waals surface area contributed by atoms with Gasteiger partial charge in [-0.05, 0) is 68.7 Å². The van der Waals surface area contributed by atoms with Gasteiger partial charge in [-0.1, -0.05) is 18.5 Å². The number of carbonyl (C=O) groups is 1. The average molecular weight is 364 g/mol. The van der Waals surface area contributed by atoms with Gasteiger partial charge in [0, 0.05) is 10.6 Å². The van der Waals surface area contributed by atoms with Crippen LogP contribution in [0.1, 0.15) is 63.7 Å². The summed E-state index contributed by atoms with van der Waals surface area (Å²) in [4.78, 5) is 12.9. The molecule has 1 atom stereocenters. The zero-order valence-electron chi connectivity index (χ0n) is 15.3. The topological polar surface area (TPSA) is 58.6 Å². The predicted molar refractivity (Wildman–Crippen MR) is 99.7 cm³/mol. The second-order valence-corrected chi connectivity index (χ2v) is 7.90. The van der Waals surface area contributed by atoms with Gasteiger partial charge in [0.1, 0.15) is 5.75 Å². The first-order chi connectivity index (χ1) is 11.8. The van der Waals surface area contributed by atoms with Gasteiger partial charge in [-0.25, -0.2) is 0 Å². The third-order valence-corrected chi connectivity index (χ3v) is 6.04. The van der Waals surface area contributed by atoms with E-state index in [1.165, 1.54) is 0 Å². The van der Waals surface area contributed by atoms with Crippen LogP contribution in [0.2, 0.25) is 5.02 Å². The molecule has 4 nitrogen and oxygen atoms in total. The van der Waals surface area contributed by atoms with Crippen molar-refractivity contribution in [2.24, 2.45) is 5.92 Å². The van der Waals surface area contributed by atoms with Crippen molar-refractivity contribution < 1.29 is 14.6 Å². The Kier molecular flexibility index (Phi) is 4.86. The van der Waals surface area contributed by atoms with Crippen molar-refractivity contribution in [3.63, 3.8) is 0 Å². The monoisotopic (exact) mass is 363 g/mol. The van der Waals surface area contributed by atoms with Crippen molar-refractivity contribution in [1.82, 2.24) is 5.32 Å². The van der Waals surface area contributed by atoms with E-state index < -0.39 is 6.10 Å². The van der Waals surface area contributed by atoms with Gasteiger partial charge in [0.15, 0.2) is 0 Å². The van der Waals surface area contributed by atoms with E-state index >= 15 is 0 Å². The molecular weight excluding hydrogens is 338 g/mol. The van der Waals surface area contributed by atoms with Crippen molar-refractivity contribution in [2.45, 2.75) is 58.1 Å². The molecule has 0 aromatic heterocycles. The van der Waals surface area contributed by atoms with Gasteiger partial charge in [-0.3, -0.25) is 4.79 Å². The molecule has 2 aliphatic rings. The van der Waals surface area contributed by atoms with Crippen molar-refractivity contribution in [1.29, 1.82) is 0 Å². The minimum absolute atomic E-state index is 0.0884. The maximum absolute atomic E-state index is 12.9. The number of benzene rings is 1. The third kappa shape index (κ3) is 3.06. The van der Waals surface area contributed by atoms with Crippen LogP contribution in [0.15, 0.2) is 17.7 Å². The van der Waals surface area contributed by atoms with Crippen molar-refractivity contribution in [3.8, 4) is 5.75 Å². The van der Waals surface area contributed by atoms with E-state index in [-0.39, 0.29) is 11.4 Å². The van der Waals surface area contributed by atoms with Crippen LogP contribution >= 0.6 is 11.6 Å². The molecule has 1 fully saturated rings. The molecule has 3 rings (SSSR count). The summed E-state index contributed by atoms with van der Waals surface area (Å²) in [5.74, 6) is 1.13. The number of hydrogen-bond donors (Lipinski definition) is 2. The van der Waals surface area contributed by atoms with E-state index in [1.807, 2.05) is 6.92 Å². The summed E-state index contributed by atoms with van der Waals surface area (Å²) in [6, 6.07) is 3.41. The maximum atomic E-state index is 12.9. The lowest BCUT2D eigenvalue weighted by Crippen LogP contribution is -2.46. The number of ether oxygens (including phenoxy) is 1. The summed E-state index contributed by atoms with van der Waals surface area (Å²) in [5.41, 5.74) is 2.69. The lowest BCUT2D eigenvalue weighted by Gasteiger charge is -2.37. The van der Waals surface area contributed by atoms with Crippen molar-refractivity contribution >= 4 is 23.1 Å². The van der Waals surface area contributed by atoms with Crippen LogP contribution in [0.3, 0.4) is 0 Å². The Labute approximate surface area is 154 Å². The highest BCUT2D eigenvalue weighted by atomic mass is 35.5. The average Bonchev–Trinajstić information content (AvgIpc) is 2.80. The van der Waals surface area contributed by atoms with Gasteiger partial charge in [0.25, 0.3) is 5.91 Å². The number of halogens is 1. The van der Waals surface area contributed by atoms with Crippen LogP contribution < -0.4 is 10.1 Å². The molecule has 136 valence electrons. The molecule has 1 aliphatic heterocycles. The van der Waals surface area contributed by atoms with E-state index in [9.17, 15) is 9.90 Å². The minimum atomic E-state index is -0.751. The first kappa shape index (κ1) is 18.3. The molecule has 1 saturated carbocycles. The Balaban J connectivity index is 2.18. The summed E-state index contributed by atoms with van der Waals surface area (Å²) in [5, 5.41) is 14.0. The van der Waals surface area contributed by atoms with Crippen molar-refractivity contribution in [3.05, 3.63) is 33.9 Å². The van der Waals surface area contributed by atoms with Gasteiger partial charge in [-0.2, -0.15) is 0 Å². The summed E-state index contributed by atoms with van der Waals surface area (Å²) in [7, 11) is 1.56. The zero-order valence-corrected chi connectivity index (χ0v) is 16.0. The van der Waals surface area contributed by atoms with Crippen LogP contribution in [0.5, 0.6) is 5.75 Å². The van der Waals surface area contributed by atoms with E-state index in [1.54, 1.807) is 26.2 Å². The zero-order chi connectivity index (χ0) is 18.4. The molecule has 1 aliphatic carbocycles. The molecule has 0 saturated heterocycles. The lowest BCUT2D eigenvalue weighted by atomic mass is 9.73. The number of hydrogen-bond acceptors (Lipinski definition) is 3. The number of methoxy groups -OCH3 is 1. The Hall–Kier alpha value is -1.52. The molecule has 1 spiro atoms. The first-order valence-electron chi connectivity index (χ1n) is 8.89. The fourth-order valence-corrected chi connectivity index (χ4v) is 4.42. The Morgan fingerprint density at radius 3 is 2.56 bits per heavy atom. The van der Waals surface area contributed by atoms with Crippen LogP contribution in [0, 0.1) is 5.92 Å². The second kappa shape index (κ2) is 6.65. The molecule has 1 amide bonds. The number of rotatable bonds is 3. The largest absolute Gasteiger partial charge is 0.496 e. The number of aliphatic hydroxyl groups excluding tert-OH is 1. The molecule has 1 aromatic rings. The molecular formula is C20H26ClNO3. The summed E-state index contributed by atoms with van der Waals surface area (Å²) < 4.78 is 5.51. The predicted octanol–water partition coefficient (Wildman–Crippen LogP) is 4.25. The molecule has 1 heterocycles. The highest BCUT2D eigenvalue weighted by molar-refractivity contribution is 6.31. The fourth-order valence-electron chi connectivity index (χ4n) is 4.20. The van der Waals surface area contributed by atoms with Gasteiger partial charge in [0.05, 0.1) is 24.3 Å². The summed E-state index contributed by atoms with van der Waals surface area (Å²) in [6.45, 7) is 5.97. The fraction of sp³-hybridized carbons (Fsp3) is 0.550. The van der Waals surface area contributed by atoms with E-state index in [4.69, 9.17) is 16.3 Å². The molecule has 0 radical (unpaired) electrons. The third-order valence-electron chi connectivity index (χ3n) is 5.82. The second-order valence-electron chi connectivity index (χ2n) is 7.47. The summed E-state index contributed by atoms with van der Waals surface area (Å²) in [6.07, 6.45) is 3.36. The molecule has 1 unspecified atom stereocenters. The van der Waals surface area contributed by atoms with Gasteiger partial charge in [-0.15, -0.1) is 0 Å². The van der Waals surface area contributed by atoms with E-state index in [2.05, 4.69) is 12.2 Å². The summed E-state index contributed by atoms with van der Waals surface area (Å²) >= 11 is 6.17. The Morgan fingerprint density at radius 2 is 2.00 bits per heavy atom. The normalized spacial score (nSPS) is 27.6. The Bertz CT molecular complexity index is 731. The molecule has 0 bridgehead atoms. The molecule has 1 aromatic carbocycles.